The molecule has 0 bridgehead atoms. The summed E-state index contributed by atoms with van der Waals surface area (Å²) < 4.78 is 1.16. The lowest BCUT2D eigenvalue weighted by atomic mass is 10.1. The van der Waals surface area contributed by atoms with Crippen molar-refractivity contribution < 1.29 is 9.59 Å². The molecule has 1 aliphatic rings. The quantitative estimate of drug-likeness (QED) is 0.713. The lowest BCUT2D eigenvalue weighted by molar-refractivity contribution is -0.129. The second-order valence-electron chi connectivity index (χ2n) is 6.61. The van der Waals surface area contributed by atoms with Gasteiger partial charge in [0, 0.05) is 32.1 Å². The topological polar surface area (TPSA) is 75.2 Å². The third-order valence-corrected chi connectivity index (χ3v) is 5.74. The SMILES string of the molecule is O=C(NCCc1nc2ccccc2s1)[C@H]1CC(=O)N(Cc2ccccn2)C1. The highest BCUT2D eigenvalue weighted by atomic mass is 32.1. The van der Waals surface area contributed by atoms with Crippen molar-refractivity contribution in [3.8, 4) is 0 Å². The van der Waals surface area contributed by atoms with E-state index in [1.807, 2.05) is 36.4 Å². The maximum Gasteiger partial charge on any atom is 0.225 e. The fourth-order valence-electron chi connectivity index (χ4n) is 3.25. The molecule has 1 aliphatic heterocycles. The smallest absolute Gasteiger partial charge is 0.225 e. The molecule has 3 aromatic rings. The maximum absolute atomic E-state index is 12.4. The summed E-state index contributed by atoms with van der Waals surface area (Å²) in [6.07, 6.45) is 2.67. The Labute approximate surface area is 161 Å². The Balaban J connectivity index is 1.27. The van der Waals surface area contributed by atoms with Crippen molar-refractivity contribution in [1.82, 2.24) is 20.2 Å². The molecule has 0 unspecified atom stereocenters. The minimum atomic E-state index is -0.295. The van der Waals surface area contributed by atoms with E-state index in [4.69, 9.17) is 0 Å². The highest BCUT2D eigenvalue weighted by Gasteiger charge is 2.34. The molecule has 6 nitrogen and oxygen atoms in total. The Morgan fingerprint density at radius 1 is 1.22 bits per heavy atom. The molecular weight excluding hydrogens is 360 g/mol. The molecule has 0 spiro atoms. The summed E-state index contributed by atoms with van der Waals surface area (Å²) in [6.45, 7) is 1.43. The van der Waals surface area contributed by atoms with Crippen LogP contribution in [0.2, 0.25) is 0 Å². The predicted octanol–water partition coefficient (Wildman–Crippen LogP) is 2.40. The molecule has 2 amide bonds. The number of rotatable bonds is 6. The van der Waals surface area contributed by atoms with Gasteiger partial charge < -0.3 is 10.2 Å². The number of benzene rings is 1. The summed E-state index contributed by atoms with van der Waals surface area (Å²) in [6, 6.07) is 13.6. The molecule has 138 valence electrons. The number of para-hydroxylation sites is 1. The number of fused-ring (bicyclic) bond motifs is 1. The zero-order valence-corrected chi connectivity index (χ0v) is 15.6. The molecule has 0 radical (unpaired) electrons. The van der Waals surface area contributed by atoms with Gasteiger partial charge in [0.2, 0.25) is 11.8 Å². The van der Waals surface area contributed by atoms with E-state index >= 15 is 0 Å². The van der Waals surface area contributed by atoms with Crippen LogP contribution in [0.15, 0.2) is 48.7 Å². The Bertz CT molecular complexity index is 924. The van der Waals surface area contributed by atoms with E-state index in [0.29, 0.717) is 26.1 Å². The number of nitrogens with zero attached hydrogens (tertiary/aromatic N) is 3. The molecule has 1 N–H and O–H groups in total. The van der Waals surface area contributed by atoms with Gasteiger partial charge in [0.25, 0.3) is 0 Å². The Kier molecular flexibility index (Phi) is 5.11. The van der Waals surface area contributed by atoms with Crippen LogP contribution >= 0.6 is 11.3 Å². The second kappa shape index (κ2) is 7.84. The molecule has 1 aromatic carbocycles. The summed E-state index contributed by atoms with van der Waals surface area (Å²) in [5.74, 6) is -0.350. The van der Waals surface area contributed by atoms with Gasteiger partial charge in [0.05, 0.1) is 33.4 Å². The summed E-state index contributed by atoms with van der Waals surface area (Å²) in [4.78, 5) is 35.2. The van der Waals surface area contributed by atoms with Crippen LogP contribution in [0.5, 0.6) is 0 Å². The largest absolute Gasteiger partial charge is 0.355 e. The average Bonchev–Trinajstić information content (AvgIpc) is 3.26. The van der Waals surface area contributed by atoms with Gasteiger partial charge in [0.15, 0.2) is 0 Å². The van der Waals surface area contributed by atoms with Gasteiger partial charge in [-0.1, -0.05) is 18.2 Å². The third kappa shape index (κ3) is 4.14. The summed E-state index contributed by atoms with van der Waals surface area (Å²) in [5, 5.41) is 3.97. The zero-order chi connectivity index (χ0) is 18.6. The number of thiazole rings is 1. The molecule has 7 heteroatoms. The summed E-state index contributed by atoms with van der Waals surface area (Å²) in [5.41, 5.74) is 1.83. The number of likely N-dealkylation sites (tertiary alicyclic amines) is 1. The monoisotopic (exact) mass is 380 g/mol. The van der Waals surface area contributed by atoms with E-state index in [1.165, 1.54) is 0 Å². The van der Waals surface area contributed by atoms with Gasteiger partial charge >= 0.3 is 0 Å². The Morgan fingerprint density at radius 3 is 2.89 bits per heavy atom. The van der Waals surface area contributed by atoms with E-state index in [9.17, 15) is 9.59 Å². The second-order valence-corrected chi connectivity index (χ2v) is 7.73. The molecule has 3 heterocycles. The molecule has 27 heavy (non-hydrogen) atoms. The number of amides is 2. The molecule has 1 fully saturated rings. The van der Waals surface area contributed by atoms with Crippen LogP contribution < -0.4 is 5.32 Å². The first kappa shape index (κ1) is 17.6. The average molecular weight is 380 g/mol. The highest BCUT2D eigenvalue weighted by Crippen LogP contribution is 2.22. The van der Waals surface area contributed by atoms with Gasteiger partial charge in [0.1, 0.15) is 0 Å². The van der Waals surface area contributed by atoms with Crippen molar-refractivity contribution in [3.05, 3.63) is 59.4 Å². The Hall–Kier alpha value is -2.80. The summed E-state index contributed by atoms with van der Waals surface area (Å²) >= 11 is 1.65. The fourth-order valence-corrected chi connectivity index (χ4v) is 4.22. The lowest BCUT2D eigenvalue weighted by Gasteiger charge is -2.16. The normalized spacial score (nSPS) is 16.8. The first-order chi connectivity index (χ1) is 13.2. The minimum Gasteiger partial charge on any atom is -0.355 e. The first-order valence-corrected chi connectivity index (χ1v) is 9.80. The number of aromatic nitrogens is 2. The van der Waals surface area contributed by atoms with Crippen molar-refractivity contribution >= 4 is 33.4 Å². The van der Waals surface area contributed by atoms with Crippen LogP contribution in [-0.4, -0.2) is 39.8 Å². The van der Waals surface area contributed by atoms with Crippen LogP contribution in [0.3, 0.4) is 0 Å². The third-order valence-electron chi connectivity index (χ3n) is 4.64. The van der Waals surface area contributed by atoms with Crippen molar-refractivity contribution in [2.45, 2.75) is 19.4 Å². The lowest BCUT2D eigenvalue weighted by Crippen LogP contribution is -2.34. The number of hydrogen-bond acceptors (Lipinski definition) is 5. The van der Waals surface area contributed by atoms with E-state index in [1.54, 1.807) is 22.4 Å². The van der Waals surface area contributed by atoms with Gasteiger partial charge in [-0.2, -0.15) is 0 Å². The molecule has 0 aliphatic carbocycles. The van der Waals surface area contributed by atoms with E-state index in [2.05, 4.69) is 21.4 Å². The zero-order valence-electron chi connectivity index (χ0n) is 14.8. The first-order valence-electron chi connectivity index (χ1n) is 8.99. The molecule has 1 atom stereocenters. The number of nitrogens with one attached hydrogen (secondary N) is 1. The van der Waals surface area contributed by atoms with E-state index in [-0.39, 0.29) is 24.2 Å². The number of carbonyl (C=O) groups is 2. The van der Waals surface area contributed by atoms with Crippen molar-refractivity contribution in [3.63, 3.8) is 0 Å². The summed E-state index contributed by atoms with van der Waals surface area (Å²) in [7, 11) is 0. The van der Waals surface area contributed by atoms with Gasteiger partial charge in [-0.05, 0) is 24.3 Å². The van der Waals surface area contributed by atoms with Gasteiger partial charge in [-0.3, -0.25) is 14.6 Å². The van der Waals surface area contributed by atoms with Crippen LogP contribution in [0.25, 0.3) is 10.2 Å². The van der Waals surface area contributed by atoms with Crippen LogP contribution in [0.1, 0.15) is 17.1 Å². The van der Waals surface area contributed by atoms with Crippen molar-refractivity contribution in [2.75, 3.05) is 13.1 Å². The molecule has 0 saturated carbocycles. The van der Waals surface area contributed by atoms with Crippen LogP contribution in [0.4, 0.5) is 0 Å². The maximum atomic E-state index is 12.4. The predicted molar refractivity (Wildman–Crippen MR) is 104 cm³/mol. The van der Waals surface area contributed by atoms with Gasteiger partial charge in [-0.15, -0.1) is 11.3 Å². The van der Waals surface area contributed by atoms with E-state index in [0.717, 1.165) is 20.9 Å². The van der Waals surface area contributed by atoms with Crippen molar-refractivity contribution in [2.24, 2.45) is 5.92 Å². The Morgan fingerprint density at radius 2 is 2.07 bits per heavy atom. The fraction of sp³-hybridized carbons (Fsp3) is 0.300. The highest BCUT2D eigenvalue weighted by molar-refractivity contribution is 7.18. The molecular formula is C20H20N4O2S. The number of hydrogen-bond donors (Lipinski definition) is 1. The number of carbonyl (C=O) groups excluding carboxylic acids is 2. The van der Waals surface area contributed by atoms with Crippen LogP contribution in [0, 0.1) is 5.92 Å². The van der Waals surface area contributed by atoms with Crippen LogP contribution in [-0.2, 0) is 22.6 Å². The van der Waals surface area contributed by atoms with E-state index < -0.39 is 0 Å². The van der Waals surface area contributed by atoms with Gasteiger partial charge in [-0.25, -0.2) is 4.98 Å². The number of pyridine rings is 1. The standard InChI is InChI=1S/C20H20N4O2S/c25-19-11-14(12-24(19)13-15-5-3-4-9-21-15)20(26)22-10-8-18-23-16-6-1-2-7-17(16)27-18/h1-7,9,14H,8,10-13H2,(H,22,26)/t14-/m0/s1. The molecule has 1 saturated heterocycles. The molecule has 4 rings (SSSR count). The molecule has 2 aromatic heterocycles. The van der Waals surface area contributed by atoms with Crippen molar-refractivity contribution in [1.29, 1.82) is 0 Å². The minimum absolute atomic E-state index is 0.00646.